The number of carboxylic acid groups (broad SMARTS) is 1. The first-order valence-electron chi connectivity index (χ1n) is 8.07. The smallest absolute Gasteiger partial charge is 0.405 e. The highest BCUT2D eigenvalue weighted by atomic mass is 19.1. The summed E-state index contributed by atoms with van der Waals surface area (Å²) in [5, 5.41) is 13.0. The summed E-state index contributed by atoms with van der Waals surface area (Å²) in [6, 6.07) is 2.25. The van der Waals surface area contributed by atoms with E-state index in [1.54, 1.807) is 0 Å². The first-order chi connectivity index (χ1) is 12.6. The lowest BCUT2D eigenvalue weighted by Crippen LogP contribution is -2.61. The van der Waals surface area contributed by atoms with Crippen molar-refractivity contribution in [1.82, 2.24) is 15.5 Å². The molecule has 0 bridgehead atoms. The van der Waals surface area contributed by atoms with E-state index in [-0.39, 0.29) is 5.56 Å². The first-order valence-corrected chi connectivity index (χ1v) is 8.07. The molecule has 27 heavy (non-hydrogen) atoms. The SMILES string of the molecule is CC(C)N1C(=O)NC(=O)C(C(=O)C[C@@H](NC(=O)O)c2cccc(F)c2)C1=O. The van der Waals surface area contributed by atoms with E-state index >= 15 is 0 Å². The molecule has 0 radical (unpaired) electrons. The highest BCUT2D eigenvalue weighted by Gasteiger charge is 2.45. The number of hydrogen-bond donors (Lipinski definition) is 3. The van der Waals surface area contributed by atoms with Crippen LogP contribution in [-0.2, 0) is 14.4 Å². The first kappa shape index (κ1) is 20.0. The lowest BCUT2D eigenvalue weighted by atomic mass is 9.91. The molecule has 9 nitrogen and oxygen atoms in total. The molecule has 1 aromatic rings. The molecule has 2 atom stereocenters. The third-order valence-corrected chi connectivity index (χ3v) is 3.99. The fourth-order valence-electron chi connectivity index (χ4n) is 2.81. The number of carbonyl (C=O) groups is 5. The number of hydrogen-bond acceptors (Lipinski definition) is 5. The topological polar surface area (TPSA) is 133 Å². The number of Topliss-reactive ketones (excluding diaryl/α,β-unsaturated/α-hetero) is 1. The van der Waals surface area contributed by atoms with Gasteiger partial charge in [0.05, 0.1) is 6.04 Å². The van der Waals surface area contributed by atoms with Gasteiger partial charge < -0.3 is 10.4 Å². The van der Waals surface area contributed by atoms with Crippen LogP contribution in [0.5, 0.6) is 0 Å². The summed E-state index contributed by atoms with van der Waals surface area (Å²) in [4.78, 5) is 60.6. The molecular weight excluding hydrogens is 361 g/mol. The molecule has 1 aliphatic heterocycles. The van der Waals surface area contributed by atoms with Gasteiger partial charge >= 0.3 is 12.1 Å². The Kier molecular flexibility index (Phi) is 5.88. The van der Waals surface area contributed by atoms with E-state index in [0.29, 0.717) is 0 Å². The normalized spacial score (nSPS) is 18.3. The van der Waals surface area contributed by atoms with E-state index < -0.39 is 60.0 Å². The molecule has 1 saturated heterocycles. The van der Waals surface area contributed by atoms with Gasteiger partial charge in [-0.05, 0) is 31.5 Å². The van der Waals surface area contributed by atoms with Gasteiger partial charge in [0, 0.05) is 12.5 Å². The molecule has 1 fully saturated rings. The van der Waals surface area contributed by atoms with Crippen molar-refractivity contribution in [3.63, 3.8) is 0 Å². The number of imide groups is 2. The molecule has 144 valence electrons. The molecule has 1 unspecified atom stereocenters. The van der Waals surface area contributed by atoms with Gasteiger partial charge in [0.2, 0.25) is 5.91 Å². The summed E-state index contributed by atoms with van der Waals surface area (Å²) in [6.45, 7) is 3.08. The molecule has 0 saturated carbocycles. The molecule has 1 aromatic carbocycles. The van der Waals surface area contributed by atoms with Crippen LogP contribution in [0.4, 0.5) is 14.0 Å². The van der Waals surface area contributed by atoms with Crippen LogP contribution < -0.4 is 10.6 Å². The average Bonchev–Trinajstić information content (AvgIpc) is 2.52. The molecule has 1 aliphatic rings. The Morgan fingerprint density at radius 1 is 1.30 bits per heavy atom. The lowest BCUT2D eigenvalue weighted by Gasteiger charge is -2.32. The van der Waals surface area contributed by atoms with Crippen molar-refractivity contribution in [2.24, 2.45) is 5.92 Å². The monoisotopic (exact) mass is 379 g/mol. The molecule has 3 N–H and O–H groups in total. The van der Waals surface area contributed by atoms with E-state index in [1.807, 2.05) is 5.32 Å². The second-order valence-corrected chi connectivity index (χ2v) is 6.26. The number of benzene rings is 1. The van der Waals surface area contributed by atoms with Crippen molar-refractivity contribution >= 4 is 29.7 Å². The van der Waals surface area contributed by atoms with Gasteiger partial charge in [-0.15, -0.1) is 0 Å². The molecule has 0 aliphatic carbocycles. The second-order valence-electron chi connectivity index (χ2n) is 6.26. The maximum Gasteiger partial charge on any atom is 0.405 e. The van der Waals surface area contributed by atoms with Crippen LogP contribution in [0.3, 0.4) is 0 Å². The Balaban J connectivity index is 2.28. The lowest BCUT2D eigenvalue weighted by molar-refractivity contribution is -0.148. The third-order valence-electron chi connectivity index (χ3n) is 3.99. The predicted molar refractivity (Wildman–Crippen MR) is 88.9 cm³/mol. The minimum atomic E-state index is -1.78. The molecular formula is C17H18FN3O6. The molecule has 1 heterocycles. The summed E-state index contributed by atoms with van der Waals surface area (Å²) < 4.78 is 13.4. The third kappa shape index (κ3) is 4.46. The van der Waals surface area contributed by atoms with Crippen molar-refractivity contribution in [2.45, 2.75) is 32.4 Å². The summed E-state index contributed by atoms with van der Waals surface area (Å²) in [5.41, 5.74) is 0.159. The van der Waals surface area contributed by atoms with E-state index in [1.165, 1.54) is 26.0 Å². The highest BCUT2D eigenvalue weighted by Crippen LogP contribution is 2.23. The Morgan fingerprint density at radius 3 is 2.52 bits per heavy atom. The number of amides is 5. The number of carbonyl (C=O) groups excluding carboxylic acids is 4. The Labute approximate surface area is 153 Å². The number of barbiturate groups is 1. The summed E-state index contributed by atoms with van der Waals surface area (Å²) in [6.07, 6.45) is -2.03. The zero-order valence-electron chi connectivity index (χ0n) is 14.6. The standard InChI is InChI=1S/C17H18FN3O6/c1-8(2)21-15(24)13(14(23)20-16(21)25)12(22)7-11(19-17(26)27)9-4-3-5-10(18)6-9/h3-6,8,11,13,19H,7H2,1-2H3,(H,26,27)(H,20,23,25)/t11-,13?/m1/s1. The zero-order chi connectivity index (χ0) is 20.3. The summed E-state index contributed by atoms with van der Waals surface area (Å²) in [7, 11) is 0. The van der Waals surface area contributed by atoms with Crippen molar-refractivity contribution in [2.75, 3.05) is 0 Å². The molecule has 2 rings (SSSR count). The van der Waals surface area contributed by atoms with E-state index in [4.69, 9.17) is 5.11 Å². The van der Waals surface area contributed by atoms with Crippen LogP contribution >= 0.6 is 0 Å². The number of nitrogens with one attached hydrogen (secondary N) is 2. The van der Waals surface area contributed by atoms with Crippen molar-refractivity contribution in [1.29, 1.82) is 0 Å². The summed E-state index contributed by atoms with van der Waals surface area (Å²) in [5.74, 6) is -5.35. The van der Waals surface area contributed by atoms with E-state index in [0.717, 1.165) is 17.0 Å². The number of nitrogens with zero attached hydrogens (tertiary/aromatic N) is 1. The zero-order valence-corrected chi connectivity index (χ0v) is 14.6. The van der Waals surface area contributed by atoms with Gasteiger partial charge in [-0.3, -0.25) is 24.6 Å². The van der Waals surface area contributed by atoms with Crippen LogP contribution in [0.15, 0.2) is 24.3 Å². The van der Waals surface area contributed by atoms with E-state index in [9.17, 15) is 28.4 Å². The maximum absolute atomic E-state index is 13.4. The molecule has 0 spiro atoms. The minimum Gasteiger partial charge on any atom is -0.465 e. The number of rotatable bonds is 6. The predicted octanol–water partition coefficient (Wildman–Crippen LogP) is 1.20. The number of ketones is 1. The Bertz CT molecular complexity index is 810. The second kappa shape index (κ2) is 7.94. The van der Waals surface area contributed by atoms with Crippen molar-refractivity contribution in [3.8, 4) is 0 Å². The van der Waals surface area contributed by atoms with Gasteiger partial charge in [-0.25, -0.2) is 14.0 Å². The van der Waals surface area contributed by atoms with Crippen molar-refractivity contribution < 1.29 is 33.5 Å². The van der Waals surface area contributed by atoms with Crippen LogP contribution in [0.2, 0.25) is 0 Å². The molecule has 10 heteroatoms. The van der Waals surface area contributed by atoms with Gasteiger partial charge in [0.1, 0.15) is 5.82 Å². The Morgan fingerprint density at radius 2 is 1.96 bits per heavy atom. The number of urea groups is 1. The van der Waals surface area contributed by atoms with Gasteiger partial charge in [-0.1, -0.05) is 12.1 Å². The van der Waals surface area contributed by atoms with Crippen LogP contribution in [0.25, 0.3) is 0 Å². The summed E-state index contributed by atoms with van der Waals surface area (Å²) >= 11 is 0. The molecule has 0 aromatic heterocycles. The average molecular weight is 379 g/mol. The fourth-order valence-corrected chi connectivity index (χ4v) is 2.81. The van der Waals surface area contributed by atoms with Crippen LogP contribution in [0, 0.1) is 11.7 Å². The van der Waals surface area contributed by atoms with Crippen LogP contribution in [0.1, 0.15) is 31.9 Å². The van der Waals surface area contributed by atoms with E-state index in [2.05, 4.69) is 5.32 Å². The maximum atomic E-state index is 13.4. The highest BCUT2D eigenvalue weighted by molar-refractivity contribution is 6.26. The largest absolute Gasteiger partial charge is 0.465 e. The van der Waals surface area contributed by atoms with Gasteiger partial charge in [0.25, 0.3) is 5.91 Å². The molecule has 5 amide bonds. The van der Waals surface area contributed by atoms with Crippen LogP contribution in [-0.4, -0.2) is 45.8 Å². The minimum absolute atomic E-state index is 0.159. The van der Waals surface area contributed by atoms with Gasteiger partial charge in [0.15, 0.2) is 11.7 Å². The Hall–Kier alpha value is -3.30. The quantitative estimate of drug-likeness (QED) is 0.636. The fraction of sp³-hybridized carbons (Fsp3) is 0.353. The van der Waals surface area contributed by atoms with Gasteiger partial charge in [-0.2, -0.15) is 0 Å². The van der Waals surface area contributed by atoms with Crippen molar-refractivity contribution in [3.05, 3.63) is 35.6 Å². The number of halogens is 1.